The summed E-state index contributed by atoms with van der Waals surface area (Å²) in [5.41, 5.74) is 2.84. The van der Waals surface area contributed by atoms with E-state index < -0.39 is 10.0 Å². The van der Waals surface area contributed by atoms with Gasteiger partial charge in [-0.2, -0.15) is 14.4 Å². The first-order valence-electron chi connectivity index (χ1n) is 9.01. The maximum Gasteiger partial charge on any atom is 0.279 e. The van der Waals surface area contributed by atoms with E-state index in [-0.39, 0.29) is 24.0 Å². The largest absolute Gasteiger partial charge is 0.332 e. The number of rotatable bonds is 5. The van der Waals surface area contributed by atoms with Gasteiger partial charge in [-0.1, -0.05) is 12.1 Å². The Morgan fingerprint density at radius 2 is 2.00 bits per heavy atom. The van der Waals surface area contributed by atoms with Gasteiger partial charge in [0.25, 0.3) is 5.89 Å². The molecule has 1 aromatic carbocycles. The van der Waals surface area contributed by atoms with Crippen LogP contribution in [0.4, 0.5) is 4.39 Å². The quantitative estimate of drug-likeness (QED) is 0.647. The molecule has 0 spiro atoms. The normalized spacial score (nSPS) is 15.0. The van der Waals surface area contributed by atoms with Crippen molar-refractivity contribution in [1.82, 2.24) is 24.2 Å². The van der Waals surface area contributed by atoms with Crippen molar-refractivity contribution in [3.8, 4) is 23.0 Å². The molecule has 0 N–H and O–H groups in total. The number of halogens is 1. The average molecular weight is 405 g/mol. The van der Waals surface area contributed by atoms with Gasteiger partial charge >= 0.3 is 0 Å². The SMILES string of the molecule is CCCS(=O)(=O)N1CCc2c(c(-c3nc(-c4ccc(F)cc4)no3)nn2C)C1. The molecule has 1 aliphatic heterocycles. The van der Waals surface area contributed by atoms with Crippen molar-refractivity contribution in [2.75, 3.05) is 12.3 Å². The zero-order chi connectivity index (χ0) is 19.9. The van der Waals surface area contributed by atoms with Crippen LogP contribution < -0.4 is 0 Å². The summed E-state index contributed by atoms with van der Waals surface area (Å²) in [6.45, 7) is 2.51. The van der Waals surface area contributed by atoms with Crippen LogP contribution in [0.15, 0.2) is 28.8 Å². The van der Waals surface area contributed by atoms with Crippen molar-refractivity contribution < 1.29 is 17.3 Å². The van der Waals surface area contributed by atoms with Crippen molar-refractivity contribution in [1.29, 1.82) is 0 Å². The molecule has 2 aromatic heterocycles. The van der Waals surface area contributed by atoms with E-state index in [1.807, 2.05) is 14.0 Å². The first kappa shape index (κ1) is 18.8. The maximum atomic E-state index is 13.1. The van der Waals surface area contributed by atoms with Gasteiger partial charge < -0.3 is 4.52 Å². The molecule has 0 radical (unpaired) electrons. The first-order chi connectivity index (χ1) is 13.4. The van der Waals surface area contributed by atoms with Gasteiger partial charge in [-0.25, -0.2) is 12.8 Å². The molecule has 0 aliphatic carbocycles. The summed E-state index contributed by atoms with van der Waals surface area (Å²) in [4.78, 5) is 4.38. The minimum absolute atomic E-state index is 0.118. The Labute approximate surface area is 162 Å². The van der Waals surface area contributed by atoms with Crippen LogP contribution >= 0.6 is 0 Å². The van der Waals surface area contributed by atoms with Gasteiger partial charge in [-0.3, -0.25) is 4.68 Å². The van der Waals surface area contributed by atoms with E-state index in [4.69, 9.17) is 4.52 Å². The van der Waals surface area contributed by atoms with Gasteiger partial charge in [0.1, 0.15) is 5.82 Å². The highest BCUT2D eigenvalue weighted by molar-refractivity contribution is 7.89. The summed E-state index contributed by atoms with van der Waals surface area (Å²) < 4.78 is 46.7. The van der Waals surface area contributed by atoms with E-state index in [2.05, 4.69) is 15.2 Å². The van der Waals surface area contributed by atoms with Crippen LogP contribution in [-0.4, -0.2) is 44.9 Å². The minimum Gasteiger partial charge on any atom is -0.332 e. The summed E-state index contributed by atoms with van der Waals surface area (Å²) >= 11 is 0. The van der Waals surface area contributed by atoms with E-state index in [0.29, 0.717) is 36.5 Å². The lowest BCUT2D eigenvalue weighted by Crippen LogP contribution is -2.37. The minimum atomic E-state index is -3.31. The Hall–Kier alpha value is -2.59. The van der Waals surface area contributed by atoms with Crippen LogP contribution in [0.2, 0.25) is 0 Å². The number of sulfonamides is 1. The highest BCUT2D eigenvalue weighted by Gasteiger charge is 2.32. The molecule has 3 heterocycles. The van der Waals surface area contributed by atoms with Crippen LogP contribution in [0.3, 0.4) is 0 Å². The standard InChI is InChI=1S/C18H20FN5O3S/c1-3-10-28(25,26)24-9-8-15-14(11-24)16(21-23(15)2)18-20-17(22-27-18)12-4-6-13(19)7-5-12/h4-7H,3,8-11H2,1-2H3. The van der Waals surface area contributed by atoms with E-state index in [9.17, 15) is 12.8 Å². The predicted octanol–water partition coefficient (Wildman–Crippen LogP) is 2.37. The predicted molar refractivity (Wildman–Crippen MR) is 100 cm³/mol. The van der Waals surface area contributed by atoms with Crippen LogP contribution in [0, 0.1) is 5.82 Å². The van der Waals surface area contributed by atoms with Gasteiger partial charge in [0.2, 0.25) is 15.8 Å². The molecule has 0 fully saturated rings. The maximum absolute atomic E-state index is 13.1. The van der Waals surface area contributed by atoms with Crippen LogP contribution in [0.5, 0.6) is 0 Å². The summed E-state index contributed by atoms with van der Waals surface area (Å²) in [6.07, 6.45) is 1.14. The Balaban J connectivity index is 1.69. The van der Waals surface area contributed by atoms with E-state index in [0.717, 1.165) is 11.3 Å². The topological polar surface area (TPSA) is 94.1 Å². The molecule has 0 bridgehead atoms. The second-order valence-electron chi connectivity index (χ2n) is 6.73. The highest BCUT2D eigenvalue weighted by Crippen LogP contribution is 2.31. The third kappa shape index (κ3) is 3.33. The molecule has 0 unspecified atom stereocenters. The fraction of sp³-hybridized carbons (Fsp3) is 0.389. The fourth-order valence-electron chi connectivity index (χ4n) is 3.40. The lowest BCUT2D eigenvalue weighted by atomic mass is 10.1. The lowest BCUT2D eigenvalue weighted by Gasteiger charge is -2.26. The lowest BCUT2D eigenvalue weighted by molar-refractivity contribution is 0.385. The number of fused-ring (bicyclic) bond motifs is 1. The van der Waals surface area contributed by atoms with Gasteiger partial charge in [0, 0.05) is 43.4 Å². The summed E-state index contributed by atoms with van der Waals surface area (Å²) in [5.74, 6) is 0.305. The van der Waals surface area contributed by atoms with Crippen molar-refractivity contribution in [3.05, 3.63) is 41.3 Å². The van der Waals surface area contributed by atoms with Crippen LogP contribution in [0.1, 0.15) is 24.6 Å². The van der Waals surface area contributed by atoms with E-state index in [1.54, 1.807) is 16.8 Å². The molecular formula is C18H20FN5O3S. The van der Waals surface area contributed by atoms with Crippen molar-refractivity contribution >= 4 is 10.0 Å². The van der Waals surface area contributed by atoms with Crippen molar-refractivity contribution in [3.63, 3.8) is 0 Å². The Bertz CT molecular complexity index is 1100. The zero-order valence-corrected chi connectivity index (χ0v) is 16.4. The summed E-state index contributed by atoms with van der Waals surface area (Å²) in [7, 11) is -1.50. The summed E-state index contributed by atoms with van der Waals surface area (Å²) in [5, 5.41) is 8.44. The molecular weight excluding hydrogens is 385 g/mol. The molecule has 0 saturated heterocycles. The highest BCUT2D eigenvalue weighted by atomic mass is 32.2. The number of hydrogen-bond donors (Lipinski definition) is 0. The van der Waals surface area contributed by atoms with Gasteiger partial charge in [-0.15, -0.1) is 0 Å². The monoisotopic (exact) mass is 405 g/mol. The Morgan fingerprint density at radius 1 is 1.25 bits per heavy atom. The van der Waals surface area contributed by atoms with E-state index in [1.165, 1.54) is 16.4 Å². The molecule has 4 rings (SSSR count). The molecule has 0 amide bonds. The number of aryl methyl sites for hydroxylation is 1. The third-order valence-corrected chi connectivity index (χ3v) is 6.82. The molecule has 3 aromatic rings. The molecule has 10 heteroatoms. The molecule has 0 atom stereocenters. The van der Waals surface area contributed by atoms with E-state index >= 15 is 0 Å². The van der Waals surface area contributed by atoms with Crippen LogP contribution in [0.25, 0.3) is 23.0 Å². The summed E-state index contributed by atoms with van der Waals surface area (Å²) in [6, 6.07) is 5.78. The first-order valence-corrected chi connectivity index (χ1v) is 10.6. The van der Waals surface area contributed by atoms with Crippen molar-refractivity contribution in [2.45, 2.75) is 26.3 Å². The van der Waals surface area contributed by atoms with Crippen LogP contribution in [-0.2, 0) is 30.0 Å². The number of benzene rings is 1. The molecule has 28 heavy (non-hydrogen) atoms. The Morgan fingerprint density at radius 3 is 2.71 bits per heavy atom. The second-order valence-corrected chi connectivity index (χ2v) is 8.82. The number of nitrogens with zero attached hydrogens (tertiary/aromatic N) is 5. The molecule has 1 aliphatic rings. The number of aromatic nitrogens is 4. The fourth-order valence-corrected chi connectivity index (χ4v) is 4.87. The second kappa shape index (κ2) is 7.10. The average Bonchev–Trinajstić information content (AvgIpc) is 3.27. The zero-order valence-electron chi connectivity index (χ0n) is 15.6. The molecule has 148 valence electrons. The van der Waals surface area contributed by atoms with Gasteiger partial charge in [0.15, 0.2) is 5.69 Å². The Kier molecular flexibility index (Phi) is 4.76. The van der Waals surface area contributed by atoms with Gasteiger partial charge in [0.05, 0.1) is 5.75 Å². The molecule has 8 nitrogen and oxygen atoms in total. The third-order valence-electron chi connectivity index (χ3n) is 4.79. The van der Waals surface area contributed by atoms with Crippen molar-refractivity contribution in [2.24, 2.45) is 7.05 Å². The number of hydrogen-bond acceptors (Lipinski definition) is 6. The smallest absolute Gasteiger partial charge is 0.279 e. The van der Waals surface area contributed by atoms with Gasteiger partial charge in [-0.05, 0) is 30.7 Å². The molecule has 0 saturated carbocycles.